The van der Waals surface area contributed by atoms with Crippen LogP contribution in [0.25, 0.3) is 11.6 Å². The summed E-state index contributed by atoms with van der Waals surface area (Å²) in [5.41, 5.74) is 3.08. The van der Waals surface area contributed by atoms with Gasteiger partial charge < -0.3 is 9.42 Å². The fourth-order valence-corrected chi connectivity index (χ4v) is 3.32. The lowest BCUT2D eigenvalue weighted by Gasteiger charge is -2.16. The SMILES string of the molecule is CC(C)c1ccc(CN2CC(c3noc(-c4ccccn4)n3)CC2=O)cc1. The lowest BCUT2D eigenvalue weighted by Crippen LogP contribution is -2.24. The van der Waals surface area contributed by atoms with Crippen LogP contribution in [0.1, 0.15) is 49.1 Å². The number of rotatable bonds is 5. The third kappa shape index (κ3) is 3.74. The number of pyridine rings is 1. The normalized spacial score (nSPS) is 17.1. The van der Waals surface area contributed by atoms with Crippen LogP contribution in [0.3, 0.4) is 0 Å². The Labute approximate surface area is 158 Å². The van der Waals surface area contributed by atoms with E-state index in [1.807, 2.05) is 23.1 Å². The maximum Gasteiger partial charge on any atom is 0.276 e. The maximum absolute atomic E-state index is 12.4. The molecule has 3 aromatic rings. The predicted molar refractivity (Wildman–Crippen MR) is 101 cm³/mol. The molecule has 1 atom stereocenters. The molecule has 1 aliphatic heterocycles. The number of hydrogen-bond acceptors (Lipinski definition) is 5. The van der Waals surface area contributed by atoms with E-state index in [4.69, 9.17) is 4.52 Å². The van der Waals surface area contributed by atoms with Gasteiger partial charge in [-0.05, 0) is 29.2 Å². The number of nitrogens with zero attached hydrogens (tertiary/aromatic N) is 4. The van der Waals surface area contributed by atoms with Crippen molar-refractivity contribution in [1.29, 1.82) is 0 Å². The highest BCUT2D eigenvalue weighted by molar-refractivity contribution is 5.79. The van der Waals surface area contributed by atoms with Crippen molar-refractivity contribution in [3.8, 4) is 11.6 Å². The van der Waals surface area contributed by atoms with Crippen molar-refractivity contribution in [3.05, 3.63) is 65.6 Å². The highest BCUT2D eigenvalue weighted by atomic mass is 16.5. The van der Waals surface area contributed by atoms with Gasteiger partial charge in [0.15, 0.2) is 5.82 Å². The molecular formula is C21H22N4O2. The quantitative estimate of drug-likeness (QED) is 0.691. The van der Waals surface area contributed by atoms with Crippen molar-refractivity contribution in [2.24, 2.45) is 0 Å². The molecular weight excluding hydrogens is 340 g/mol. The molecule has 0 bridgehead atoms. The lowest BCUT2D eigenvalue weighted by atomic mass is 10.0. The molecule has 0 saturated carbocycles. The summed E-state index contributed by atoms with van der Waals surface area (Å²) in [4.78, 5) is 23.0. The highest BCUT2D eigenvalue weighted by Crippen LogP contribution is 2.29. The molecule has 27 heavy (non-hydrogen) atoms. The second-order valence-corrected chi connectivity index (χ2v) is 7.24. The summed E-state index contributed by atoms with van der Waals surface area (Å²) >= 11 is 0. The van der Waals surface area contributed by atoms with E-state index in [0.717, 1.165) is 5.56 Å². The van der Waals surface area contributed by atoms with E-state index in [2.05, 4.69) is 53.2 Å². The number of likely N-dealkylation sites (tertiary alicyclic amines) is 1. The Morgan fingerprint density at radius 2 is 2.00 bits per heavy atom. The third-order valence-electron chi connectivity index (χ3n) is 4.93. The Morgan fingerprint density at radius 1 is 1.19 bits per heavy atom. The second kappa shape index (κ2) is 7.31. The van der Waals surface area contributed by atoms with Gasteiger partial charge in [0, 0.05) is 31.6 Å². The third-order valence-corrected chi connectivity index (χ3v) is 4.93. The van der Waals surface area contributed by atoms with Crippen molar-refractivity contribution in [3.63, 3.8) is 0 Å². The van der Waals surface area contributed by atoms with Gasteiger partial charge in [0.05, 0.1) is 0 Å². The molecule has 1 aliphatic rings. The van der Waals surface area contributed by atoms with Crippen molar-refractivity contribution in [2.45, 2.75) is 38.6 Å². The molecule has 6 heteroatoms. The monoisotopic (exact) mass is 362 g/mol. The first-order chi connectivity index (χ1) is 13.1. The molecule has 6 nitrogen and oxygen atoms in total. The zero-order valence-electron chi connectivity index (χ0n) is 15.5. The average Bonchev–Trinajstić information content (AvgIpc) is 3.30. The number of hydrogen-bond donors (Lipinski definition) is 0. The van der Waals surface area contributed by atoms with Gasteiger partial charge in [0.2, 0.25) is 5.91 Å². The highest BCUT2D eigenvalue weighted by Gasteiger charge is 2.33. The van der Waals surface area contributed by atoms with Gasteiger partial charge in [-0.3, -0.25) is 9.78 Å². The first-order valence-electron chi connectivity index (χ1n) is 9.22. The Morgan fingerprint density at radius 3 is 2.70 bits per heavy atom. The maximum atomic E-state index is 12.4. The molecule has 1 fully saturated rings. The minimum Gasteiger partial charge on any atom is -0.338 e. The Bertz CT molecular complexity index is 919. The minimum atomic E-state index is -0.0475. The van der Waals surface area contributed by atoms with Crippen LogP contribution in [0.2, 0.25) is 0 Å². The van der Waals surface area contributed by atoms with Crippen LogP contribution < -0.4 is 0 Å². The molecule has 1 unspecified atom stereocenters. The lowest BCUT2D eigenvalue weighted by molar-refractivity contribution is -0.128. The fraction of sp³-hybridized carbons (Fsp3) is 0.333. The smallest absolute Gasteiger partial charge is 0.276 e. The number of aromatic nitrogens is 3. The van der Waals surface area contributed by atoms with Crippen molar-refractivity contribution in [2.75, 3.05) is 6.54 Å². The molecule has 1 saturated heterocycles. The van der Waals surface area contributed by atoms with Gasteiger partial charge in [-0.2, -0.15) is 4.98 Å². The van der Waals surface area contributed by atoms with Gasteiger partial charge >= 0.3 is 0 Å². The Balaban J connectivity index is 1.44. The van der Waals surface area contributed by atoms with Crippen LogP contribution in [0, 0.1) is 0 Å². The minimum absolute atomic E-state index is 0.0475. The predicted octanol–water partition coefficient (Wildman–Crippen LogP) is 3.77. The zero-order chi connectivity index (χ0) is 18.8. The van der Waals surface area contributed by atoms with Gasteiger partial charge in [0.25, 0.3) is 5.89 Å². The van der Waals surface area contributed by atoms with Crippen LogP contribution >= 0.6 is 0 Å². The summed E-state index contributed by atoms with van der Waals surface area (Å²) in [6.07, 6.45) is 2.09. The van der Waals surface area contributed by atoms with Crippen LogP contribution in [0.15, 0.2) is 53.2 Å². The van der Waals surface area contributed by atoms with Gasteiger partial charge in [-0.25, -0.2) is 0 Å². The zero-order valence-corrected chi connectivity index (χ0v) is 15.5. The summed E-state index contributed by atoms with van der Waals surface area (Å²) in [7, 11) is 0. The van der Waals surface area contributed by atoms with E-state index in [1.54, 1.807) is 6.20 Å². The van der Waals surface area contributed by atoms with Crippen LogP contribution in [0.4, 0.5) is 0 Å². The topological polar surface area (TPSA) is 72.1 Å². The molecule has 0 spiro atoms. The van der Waals surface area contributed by atoms with Crippen molar-refractivity contribution >= 4 is 5.91 Å². The molecule has 0 N–H and O–H groups in total. The Kier molecular flexibility index (Phi) is 4.71. The standard InChI is InChI=1S/C21H22N4O2/c1-14(2)16-8-6-15(7-9-16)12-25-13-17(11-19(25)26)20-23-21(27-24-20)18-5-3-4-10-22-18/h3-10,14,17H,11-13H2,1-2H3. The molecule has 1 amide bonds. The number of carbonyl (C=O) groups excluding carboxylic acids is 1. The number of amides is 1. The van der Waals surface area contributed by atoms with Crippen LogP contribution in [-0.4, -0.2) is 32.5 Å². The van der Waals surface area contributed by atoms with Gasteiger partial charge in [-0.1, -0.05) is 49.3 Å². The van der Waals surface area contributed by atoms with Crippen molar-refractivity contribution in [1.82, 2.24) is 20.0 Å². The average molecular weight is 362 g/mol. The van der Waals surface area contributed by atoms with E-state index in [9.17, 15) is 4.79 Å². The van der Waals surface area contributed by atoms with Crippen LogP contribution in [-0.2, 0) is 11.3 Å². The first-order valence-corrected chi connectivity index (χ1v) is 9.22. The molecule has 138 valence electrons. The van der Waals surface area contributed by atoms with Gasteiger partial charge in [-0.15, -0.1) is 0 Å². The molecule has 3 heterocycles. The summed E-state index contributed by atoms with van der Waals surface area (Å²) in [5.74, 6) is 1.54. The summed E-state index contributed by atoms with van der Waals surface area (Å²) in [5, 5.41) is 4.08. The van der Waals surface area contributed by atoms with Gasteiger partial charge in [0.1, 0.15) is 5.69 Å². The van der Waals surface area contributed by atoms with E-state index in [0.29, 0.717) is 42.8 Å². The molecule has 0 radical (unpaired) electrons. The van der Waals surface area contributed by atoms with E-state index < -0.39 is 0 Å². The Hall–Kier alpha value is -3.02. The van der Waals surface area contributed by atoms with E-state index >= 15 is 0 Å². The first kappa shape index (κ1) is 17.4. The number of benzene rings is 1. The largest absolute Gasteiger partial charge is 0.338 e. The van der Waals surface area contributed by atoms with E-state index in [-0.39, 0.29) is 11.8 Å². The summed E-state index contributed by atoms with van der Waals surface area (Å²) < 4.78 is 5.33. The number of carbonyl (C=O) groups is 1. The summed E-state index contributed by atoms with van der Waals surface area (Å²) in [6, 6.07) is 14.0. The second-order valence-electron chi connectivity index (χ2n) is 7.24. The molecule has 1 aromatic carbocycles. The van der Waals surface area contributed by atoms with Crippen molar-refractivity contribution < 1.29 is 9.32 Å². The molecule has 0 aliphatic carbocycles. The fourth-order valence-electron chi connectivity index (χ4n) is 3.32. The molecule has 2 aromatic heterocycles. The molecule has 4 rings (SSSR count). The summed E-state index contributed by atoms with van der Waals surface area (Å²) in [6.45, 7) is 5.56. The van der Waals surface area contributed by atoms with Crippen LogP contribution in [0.5, 0.6) is 0 Å². The van der Waals surface area contributed by atoms with E-state index in [1.165, 1.54) is 5.56 Å².